The lowest BCUT2D eigenvalue weighted by Gasteiger charge is -2.06. The lowest BCUT2D eigenvalue weighted by molar-refractivity contribution is 1.26. The maximum absolute atomic E-state index is 3.52. The zero-order valence-electron chi connectivity index (χ0n) is 9.11. The van der Waals surface area contributed by atoms with Crippen molar-refractivity contribution in [2.45, 2.75) is 22.0 Å². The first-order valence-corrected chi connectivity index (χ1v) is 7.12. The molecule has 0 N–H and O–H groups in total. The van der Waals surface area contributed by atoms with Gasteiger partial charge in [-0.2, -0.15) is 0 Å². The maximum atomic E-state index is 3.52. The molecule has 0 aliphatic carbocycles. The van der Waals surface area contributed by atoms with E-state index in [1.165, 1.54) is 20.9 Å². The predicted molar refractivity (Wildman–Crippen MR) is 74.4 cm³/mol. The maximum Gasteiger partial charge on any atom is 0.0286 e. The lowest BCUT2D eigenvalue weighted by atomic mass is 10.1. The molecule has 0 radical (unpaired) electrons. The molecule has 2 aromatic carbocycles. The second-order valence-corrected chi connectivity index (χ2v) is 5.34. The third-order valence-electron chi connectivity index (χ3n) is 2.44. The Hall–Kier alpha value is -0.730. The first-order chi connectivity index (χ1) is 7.79. The van der Waals surface area contributed by atoms with Crippen molar-refractivity contribution in [3.8, 4) is 0 Å². The first kappa shape index (κ1) is 11.7. The van der Waals surface area contributed by atoms with Gasteiger partial charge < -0.3 is 0 Å². The van der Waals surface area contributed by atoms with Crippen LogP contribution in [-0.4, -0.2) is 0 Å². The predicted octanol–water partition coefficient (Wildman–Crippen LogP) is 5.04. The van der Waals surface area contributed by atoms with Crippen molar-refractivity contribution >= 4 is 27.7 Å². The molecule has 0 atom stereocenters. The Labute approximate surface area is 109 Å². The van der Waals surface area contributed by atoms with E-state index in [-0.39, 0.29) is 0 Å². The summed E-state index contributed by atoms with van der Waals surface area (Å²) in [4.78, 5) is 2.58. The summed E-state index contributed by atoms with van der Waals surface area (Å²) in [5.74, 6) is 0. The smallest absolute Gasteiger partial charge is 0.0286 e. The zero-order valence-corrected chi connectivity index (χ0v) is 11.5. The molecule has 2 heteroatoms. The van der Waals surface area contributed by atoms with Gasteiger partial charge in [-0.05, 0) is 42.3 Å². The van der Waals surface area contributed by atoms with Crippen LogP contribution in [0.15, 0.2) is 58.3 Å². The molecule has 82 valence electrons. The minimum atomic E-state index is 0.919. The highest BCUT2D eigenvalue weighted by Crippen LogP contribution is 2.29. The Morgan fingerprint density at radius 1 is 1.00 bits per heavy atom. The average molecular weight is 293 g/mol. The molecule has 0 aliphatic heterocycles. The fourth-order valence-electron chi connectivity index (χ4n) is 1.48. The number of alkyl halides is 1. The molecule has 0 saturated carbocycles. The topological polar surface area (TPSA) is 0 Å². The van der Waals surface area contributed by atoms with E-state index >= 15 is 0 Å². The lowest BCUT2D eigenvalue weighted by Crippen LogP contribution is -1.84. The molecule has 0 spiro atoms. The van der Waals surface area contributed by atoms with Crippen molar-refractivity contribution in [2.24, 2.45) is 0 Å². The summed E-state index contributed by atoms with van der Waals surface area (Å²) < 4.78 is 0. The van der Waals surface area contributed by atoms with Crippen LogP contribution in [0.2, 0.25) is 0 Å². The number of halogens is 1. The van der Waals surface area contributed by atoms with Gasteiger partial charge in [-0.15, -0.1) is 0 Å². The van der Waals surface area contributed by atoms with Crippen LogP contribution in [0.25, 0.3) is 0 Å². The van der Waals surface area contributed by atoms with Crippen LogP contribution in [-0.2, 0) is 5.33 Å². The molecule has 0 aromatic heterocycles. The number of hydrogen-bond donors (Lipinski definition) is 0. The van der Waals surface area contributed by atoms with E-state index in [0.29, 0.717) is 0 Å². The van der Waals surface area contributed by atoms with E-state index in [1.807, 2.05) is 6.07 Å². The molecule has 16 heavy (non-hydrogen) atoms. The molecule has 0 amide bonds. The van der Waals surface area contributed by atoms with E-state index in [1.54, 1.807) is 11.8 Å². The molecule has 0 bridgehead atoms. The van der Waals surface area contributed by atoms with Gasteiger partial charge in [0.15, 0.2) is 0 Å². The monoisotopic (exact) mass is 292 g/mol. The van der Waals surface area contributed by atoms with Gasteiger partial charge in [0.25, 0.3) is 0 Å². The minimum absolute atomic E-state index is 0.919. The van der Waals surface area contributed by atoms with E-state index < -0.39 is 0 Å². The normalized spacial score (nSPS) is 10.4. The summed E-state index contributed by atoms with van der Waals surface area (Å²) in [5, 5.41) is 0.919. The molecule has 0 unspecified atom stereocenters. The summed E-state index contributed by atoms with van der Waals surface area (Å²) in [6, 6.07) is 17.1. The summed E-state index contributed by atoms with van der Waals surface area (Å²) in [6.07, 6.45) is 0. The van der Waals surface area contributed by atoms with Crippen molar-refractivity contribution in [1.29, 1.82) is 0 Å². The molecular weight excluding hydrogens is 280 g/mol. The quantitative estimate of drug-likeness (QED) is 0.714. The second kappa shape index (κ2) is 5.55. The summed E-state index contributed by atoms with van der Waals surface area (Å²) in [5.41, 5.74) is 2.70. The Kier molecular flexibility index (Phi) is 4.08. The Bertz CT molecular complexity index is 465. The third kappa shape index (κ3) is 2.89. The van der Waals surface area contributed by atoms with Gasteiger partial charge >= 0.3 is 0 Å². The van der Waals surface area contributed by atoms with Crippen molar-refractivity contribution < 1.29 is 0 Å². The molecule has 0 nitrogen and oxygen atoms in total. The van der Waals surface area contributed by atoms with E-state index in [2.05, 4.69) is 65.3 Å². The molecule has 2 aromatic rings. The van der Waals surface area contributed by atoms with E-state index in [0.717, 1.165) is 5.33 Å². The van der Waals surface area contributed by atoms with Gasteiger partial charge in [0.2, 0.25) is 0 Å². The van der Waals surface area contributed by atoms with Crippen LogP contribution in [0.4, 0.5) is 0 Å². The highest BCUT2D eigenvalue weighted by molar-refractivity contribution is 9.08. The molecule has 0 saturated heterocycles. The van der Waals surface area contributed by atoms with Crippen LogP contribution < -0.4 is 0 Å². The summed E-state index contributed by atoms with van der Waals surface area (Å²) in [6.45, 7) is 2.15. The molecule has 0 fully saturated rings. The van der Waals surface area contributed by atoms with Crippen molar-refractivity contribution in [3.63, 3.8) is 0 Å². The number of aryl methyl sites for hydroxylation is 1. The zero-order chi connectivity index (χ0) is 11.4. The molecule has 0 heterocycles. The van der Waals surface area contributed by atoms with Gasteiger partial charge in [-0.1, -0.05) is 52.0 Å². The molecule has 2 rings (SSSR count). The minimum Gasteiger partial charge on any atom is -0.0901 e. The fourth-order valence-corrected chi connectivity index (χ4v) is 2.99. The number of benzene rings is 2. The van der Waals surface area contributed by atoms with Crippen molar-refractivity contribution in [2.75, 3.05) is 0 Å². The highest BCUT2D eigenvalue weighted by atomic mass is 79.9. The van der Waals surface area contributed by atoms with Crippen molar-refractivity contribution in [3.05, 3.63) is 59.7 Å². The van der Waals surface area contributed by atoms with Gasteiger partial charge in [-0.3, -0.25) is 0 Å². The van der Waals surface area contributed by atoms with Crippen LogP contribution in [0.5, 0.6) is 0 Å². The Balaban J connectivity index is 2.22. The van der Waals surface area contributed by atoms with Gasteiger partial charge in [0.1, 0.15) is 0 Å². The van der Waals surface area contributed by atoms with Crippen LogP contribution in [0.3, 0.4) is 0 Å². The summed E-state index contributed by atoms with van der Waals surface area (Å²) in [7, 11) is 0. The molecule has 0 aliphatic rings. The summed E-state index contributed by atoms with van der Waals surface area (Å²) >= 11 is 5.32. The van der Waals surface area contributed by atoms with E-state index in [4.69, 9.17) is 0 Å². The SMILES string of the molecule is Cc1ccc(Sc2ccccc2)cc1CBr. The number of hydrogen-bond acceptors (Lipinski definition) is 1. The van der Waals surface area contributed by atoms with Gasteiger partial charge in [0.05, 0.1) is 0 Å². The van der Waals surface area contributed by atoms with Crippen LogP contribution in [0, 0.1) is 6.92 Å². The van der Waals surface area contributed by atoms with Crippen LogP contribution in [0.1, 0.15) is 11.1 Å². The Morgan fingerprint density at radius 3 is 2.44 bits per heavy atom. The first-order valence-electron chi connectivity index (χ1n) is 5.18. The number of rotatable bonds is 3. The average Bonchev–Trinajstić information content (AvgIpc) is 2.33. The fraction of sp³-hybridized carbons (Fsp3) is 0.143. The second-order valence-electron chi connectivity index (χ2n) is 3.64. The van der Waals surface area contributed by atoms with E-state index in [9.17, 15) is 0 Å². The molecular formula is C14H13BrS. The Morgan fingerprint density at radius 2 is 1.75 bits per heavy atom. The van der Waals surface area contributed by atoms with Gasteiger partial charge in [0, 0.05) is 15.1 Å². The van der Waals surface area contributed by atoms with Crippen LogP contribution >= 0.6 is 27.7 Å². The highest BCUT2D eigenvalue weighted by Gasteiger charge is 2.00. The van der Waals surface area contributed by atoms with Gasteiger partial charge in [-0.25, -0.2) is 0 Å². The standard InChI is InChI=1S/C14H13BrS/c1-11-7-8-14(9-12(11)10-15)16-13-5-3-2-4-6-13/h2-9H,10H2,1H3. The third-order valence-corrected chi connectivity index (χ3v) is 4.05. The largest absolute Gasteiger partial charge is 0.0901 e. The van der Waals surface area contributed by atoms with Crippen molar-refractivity contribution in [1.82, 2.24) is 0 Å².